The molecule has 4 fully saturated rings. The van der Waals surface area contributed by atoms with Crippen LogP contribution in [-0.4, -0.2) is 11.1 Å². The number of carboxylic acids is 1. The quantitative estimate of drug-likeness (QED) is 0.533. The van der Waals surface area contributed by atoms with Crippen molar-refractivity contribution in [1.29, 1.82) is 0 Å². The number of aliphatic carboxylic acids is 1. The minimum atomic E-state index is -0.567. The molecule has 0 unspecified atom stereocenters. The maximum atomic E-state index is 12.7. The molecule has 4 saturated carbocycles. The van der Waals surface area contributed by atoms with Crippen LogP contribution in [0.5, 0.6) is 0 Å². The normalized spacial score (nSPS) is 27.8. The molecule has 4 aliphatic carbocycles. The van der Waals surface area contributed by atoms with Crippen LogP contribution in [0.4, 0.5) is 0 Å². The fourth-order valence-corrected chi connectivity index (χ4v) is 7.63. The summed E-state index contributed by atoms with van der Waals surface area (Å²) in [6, 6.07) is 0. The van der Waals surface area contributed by atoms with E-state index in [0.29, 0.717) is 23.7 Å². The summed E-state index contributed by atoms with van der Waals surface area (Å²) < 4.78 is 0. The highest BCUT2D eigenvalue weighted by molar-refractivity contribution is 5.88. The van der Waals surface area contributed by atoms with Crippen molar-refractivity contribution >= 4 is 5.97 Å². The zero-order valence-corrected chi connectivity index (χ0v) is 16.6. The largest absolute Gasteiger partial charge is 0.478 e. The van der Waals surface area contributed by atoms with Crippen LogP contribution in [0.15, 0.2) is 11.6 Å². The summed E-state index contributed by atoms with van der Waals surface area (Å²) in [4.78, 5) is 12.7. The van der Waals surface area contributed by atoms with Crippen molar-refractivity contribution in [2.75, 3.05) is 0 Å². The minimum absolute atomic E-state index is 0.00206. The molecule has 146 valence electrons. The van der Waals surface area contributed by atoms with E-state index in [1.54, 1.807) is 0 Å². The first-order valence-electron chi connectivity index (χ1n) is 11.7. The predicted molar refractivity (Wildman–Crippen MR) is 106 cm³/mol. The first-order chi connectivity index (χ1) is 12.7. The zero-order valence-electron chi connectivity index (χ0n) is 16.6. The third-order valence-corrected chi connectivity index (χ3v) is 8.59. The molecule has 0 bridgehead atoms. The second-order valence-electron chi connectivity index (χ2n) is 9.81. The van der Waals surface area contributed by atoms with E-state index in [-0.39, 0.29) is 5.41 Å². The Bertz CT molecular complexity index is 470. The SMILES string of the molecule is O=C(O)C(=CC1CCCC1)C(C1CCCC1)(C1CCCC1)C1CCCC1. The number of rotatable bonds is 6. The van der Waals surface area contributed by atoms with E-state index in [1.807, 2.05) is 0 Å². The first-order valence-corrected chi connectivity index (χ1v) is 11.7. The summed E-state index contributed by atoms with van der Waals surface area (Å²) in [7, 11) is 0. The van der Waals surface area contributed by atoms with Crippen LogP contribution in [-0.2, 0) is 4.79 Å². The molecular formula is C24H38O2. The number of hydrogen-bond acceptors (Lipinski definition) is 1. The summed E-state index contributed by atoms with van der Waals surface area (Å²) in [5, 5.41) is 10.5. The molecule has 0 amide bonds. The molecular weight excluding hydrogens is 320 g/mol. The van der Waals surface area contributed by atoms with E-state index in [9.17, 15) is 9.90 Å². The number of carbonyl (C=O) groups is 1. The molecule has 0 aliphatic heterocycles. The van der Waals surface area contributed by atoms with Gasteiger partial charge in [-0.05, 0) is 75.0 Å². The Labute approximate surface area is 159 Å². The van der Waals surface area contributed by atoms with E-state index in [0.717, 1.165) is 5.57 Å². The maximum absolute atomic E-state index is 12.7. The van der Waals surface area contributed by atoms with Gasteiger partial charge in [-0.15, -0.1) is 0 Å². The standard InChI is InChI=1S/C24H38O2/c25-23(26)22(17-18-9-1-2-10-18)24(19-11-3-4-12-19,20-13-5-6-14-20)21-15-7-8-16-21/h17-21H,1-16H2,(H,25,26). The second-order valence-corrected chi connectivity index (χ2v) is 9.81. The third kappa shape index (κ3) is 3.27. The summed E-state index contributed by atoms with van der Waals surface area (Å²) in [5.74, 6) is 1.87. The minimum Gasteiger partial charge on any atom is -0.478 e. The third-order valence-electron chi connectivity index (χ3n) is 8.59. The monoisotopic (exact) mass is 358 g/mol. The average Bonchev–Trinajstić information content (AvgIpc) is 3.43. The van der Waals surface area contributed by atoms with Gasteiger partial charge in [0.15, 0.2) is 0 Å². The van der Waals surface area contributed by atoms with Gasteiger partial charge in [0, 0.05) is 11.0 Å². The van der Waals surface area contributed by atoms with Gasteiger partial charge in [-0.1, -0.05) is 57.4 Å². The maximum Gasteiger partial charge on any atom is 0.331 e. The molecule has 2 nitrogen and oxygen atoms in total. The highest BCUT2D eigenvalue weighted by atomic mass is 16.4. The molecule has 0 aromatic carbocycles. The lowest BCUT2D eigenvalue weighted by atomic mass is 9.53. The Morgan fingerprint density at radius 1 is 0.654 bits per heavy atom. The van der Waals surface area contributed by atoms with Gasteiger partial charge in [0.2, 0.25) is 0 Å². The fourth-order valence-electron chi connectivity index (χ4n) is 7.63. The van der Waals surface area contributed by atoms with Crippen LogP contribution in [0, 0.1) is 29.1 Å². The van der Waals surface area contributed by atoms with Crippen LogP contribution < -0.4 is 0 Å². The molecule has 26 heavy (non-hydrogen) atoms. The van der Waals surface area contributed by atoms with Gasteiger partial charge in [0.05, 0.1) is 0 Å². The smallest absolute Gasteiger partial charge is 0.331 e. The number of carboxylic acid groups (broad SMARTS) is 1. The van der Waals surface area contributed by atoms with Crippen molar-refractivity contribution in [3.05, 3.63) is 11.6 Å². The Kier molecular flexibility index (Phi) is 5.76. The lowest BCUT2D eigenvalue weighted by Gasteiger charge is -2.50. The summed E-state index contributed by atoms with van der Waals surface area (Å²) >= 11 is 0. The predicted octanol–water partition coefficient (Wildman–Crippen LogP) is 6.74. The van der Waals surface area contributed by atoms with Gasteiger partial charge < -0.3 is 5.11 Å². The van der Waals surface area contributed by atoms with Crippen molar-refractivity contribution in [3.8, 4) is 0 Å². The lowest BCUT2D eigenvalue weighted by molar-refractivity contribution is -0.136. The van der Waals surface area contributed by atoms with E-state index in [2.05, 4.69) is 6.08 Å². The Morgan fingerprint density at radius 2 is 1.00 bits per heavy atom. The molecule has 0 aromatic heterocycles. The topological polar surface area (TPSA) is 37.3 Å². The fraction of sp³-hybridized carbons (Fsp3) is 0.875. The van der Waals surface area contributed by atoms with Crippen molar-refractivity contribution in [3.63, 3.8) is 0 Å². The average molecular weight is 359 g/mol. The van der Waals surface area contributed by atoms with Gasteiger partial charge in [-0.2, -0.15) is 0 Å². The van der Waals surface area contributed by atoms with Gasteiger partial charge in [0.25, 0.3) is 0 Å². The molecule has 0 heterocycles. The van der Waals surface area contributed by atoms with Crippen molar-refractivity contribution in [1.82, 2.24) is 0 Å². The molecule has 0 aromatic rings. The van der Waals surface area contributed by atoms with E-state index in [1.165, 1.54) is 103 Å². The molecule has 2 heteroatoms. The number of hydrogen-bond donors (Lipinski definition) is 1. The highest BCUT2D eigenvalue weighted by Gasteiger charge is 2.56. The van der Waals surface area contributed by atoms with Crippen molar-refractivity contribution in [2.24, 2.45) is 29.1 Å². The Morgan fingerprint density at radius 3 is 1.35 bits per heavy atom. The van der Waals surface area contributed by atoms with Crippen LogP contribution in [0.3, 0.4) is 0 Å². The summed E-state index contributed by atoms with van der Waals surface area (Å²) in [5.41, 5.74) is 0.896. The molecule has 4 rings (SSSR count). The van der Waals surface area contributed by atoms with Crippen molar-refractivity contribution in [2.45, 2.75) is 103 Å². The Hall–Kier alpha value is -0.790. The Balaban J connectivity index is 1.81. The zero-order chi connectivity index (χ0) is 18.0. The molecule has 4 aliphatic rings. The summed E-state index contributed by atoms with van der Waals surface area (Å²) in [6.45, 7) is 0. The van der Waals surface area contributed by atoms with E-state index in [4.69, 9.17) is 0 Å². The van der Waals surface area contributed by atoms with Gasteiger partial charge >= 0.3 is 5.97 Å². The van der Waals surface area contributed by atoms with Gasteiger partial charge in [0.1, 0.15) is 0 Å². The summed E-state index contributed by atoms with van der Waals surface area (Å²) in [6.07, 6.45) is 22.9. The van der Waals surface area contributed by atoms with E-state index < -0.39 is 5.97 Å². The first kappa shape index (κ1) is 18.6. The molecule has 1 N–H and O–H groups in total. The molecule has 0 saturated heterocycles. The highest BCUT2D eigenvalue weighted by Crippen LogP contribution is 2.62. The van der Waals surface area contributed by atoms with Gasteiger partial charge in [-0.25, -0.2) is 4.79 Å². The van der Waals surface area contributed by atoms with Crippen molar-refractivity contribution < 1.29 is 9.90 Å². The lowest BCUT2D eigenvalue weighted by Crippen LogP contribution is -2.46. The van der Waals surface area contributed by atoms with Gasteiger partial charge in [-0.3, -0.25) is 0 Å². The van der Waals surface area contributed by atoms with Crippen LogP contribution >= 0.6 is 0 Å². The van der Waals surface area contributed by atoms with Crippen LogP contribution in [0.25, 0.3) is 0 Å². The van der Waals surface area contributed by atoms with Crippen LogP contribution in [0.2, 0.25) is 0 Å². The van der Waals surface area contributed by atoms with Crippen LogP contribution in [0.1, 0.15) is 103 Å². The number of allylic oxidation sites excluding steroid dienone is 1. The molecule has 0 atom stereocenters. The molecule has 0 radical (unpaired) electrons. The molecule has 0 spiro atoms. The van der Waals surface area contributed by atoms with E-state index >= 15 is 0 Å². The second kappa shape index (κ2) is 8.07.